The quantitative estimate of drug-likeness (QED) is 0.523. The maximum Gasteiger partial charge on any atom is 0.409 e. The fourth-order valence-corrected chi connectivity index (χ4v) is 4.04. The van der Waals surface area contributed by atoms with E-state index in [1.54, 1.807) is 11.9 Å². The molecule has 0 saturated carbocycles. The summed E-state index contributed by atoms with van der Waals surface area (Å²) in [6.45, 7) is 4.48. The van der Waals surface area contributed by atoms with Crippen LogP contribution in [0.3, 0.4) is 0 Å². The van der Waals surface area contributed by atoms with E-state index in [0.29, 0.717) is 31.7 Å². The maximum atomic E-state index is 11.9. The second kappa shape index (κ2) is 12.0. The van der Waals surface area contributed by atoms with Gasteiger partial charge in [0.2, 0.25) is 0 Å². The Morgan fingerprint density at radius 2 is 1.65 bits per heavy atom. The van der Waals surface area contributed by atoms with Gasteiger partial charge in [-0.3, -0.25) is 4.99 Å². The smallest absolute Gasteiger partial charge is 0.409 e. The van der Waals surface area contributed by atoms with Gasteiger partial charge in [-0.15, -0.1) is 0 Å². The highest BCUT2D eigenvalue weighted by Gasteiger charge is 2.24. The number of guanidine groups is 1. The van der Waals surface area contributed by atoms with Gasteiger partial charge in [0.05, 0.1) is 6.61 Å². The van der Waals surface area contributed by atoms with Gasteiger partial charge in [-0.1, -0.05) is 60.7 Å². The molecule has 2 N–H and O–H groups in total. The molecule has 0 radical (unpaired) electrons. The Labute approximate surface area is 185 Å². The summed E-state index contributed by atoms with van der Waals surface area (Å²) < 4.78 is 5.10. The van der Waals surface area contributed by atoms with E-state index in [4.69, 9.17) is 4.74 Å². The SMILES string of the molecule is CCOC(=O)N1CCC(NC(=NC)NCCC(c2ccccc2)c2ccccc2)CC1. The predicted molar refractivity (Wildman–Crippen MR) is 125 cm³/mol. The molecule has 1 fully saturated rings. The van der Waals surface area contributed by atoms with Crippen LogP contribution in [0.25, 0.3) is 0 Å². The van der Waals surface area contributed by atoms with Gasteiger partial charge in [0.25, 0.3) is 0 Å². The van der Waals surface area contributed by atoms with Crippen molar-refractivity contribution in [1.29, 1.82) is 0 Å². The van der Waals surface area contributed by atoms with Crippen molar-refractivity contribution in [1.82, 2.24) is 15.5 Å². The molecule has 1 aliphatic heterocycles. The molecule has 1 amide bonds. The third-order valence-electron chi connectivity index (χ3n) is 5.71. The molecule has 31 heavy (non-hydrogen) atoms. The van der Waals surface area contributed by atoms with Crippen LogP contribution in [0.5, 0.6) is 0 Å². The lowest BCUT2D eigenvalue weighted by molar-refractivity contribution is 0.0963. The number of carbonyl (C=O) groups is 1. The van der Waals surface area contributed by atoms with E-state index in [2.05, 4.69) is 76.3 Å². The van der Waals surface area contributed by atoms with Crippen LogP contribution >= 0.6 is 0 Å². The average molecular weight is 423 g/mol. The van der Waals surface area contributed by atoms with E-state index in [-0.39, 0.29) is 6.09 Å². The molecule has 2 aromatic rings. The number of hydrogen-bond acceptors (Lipinski definition) is 3. The predicted octanol–water partition coefficient (Wildman–Crippen LogP) is 3.99. The highest BCUT2D eigenvalue weighted by atomic mass is 16.6. The second-order valence-electron chi connectivity index (χ2n) is 7.77. The van der Waals surface area contributed by atoms with Crippen LogP contribution in [-0.2, 0) is 4.74 Å². The number of rotatable bonds is 7. The van der Waals surface area contributed by atoms with Crippen molar-refractivity contribution in [2.24, 2.45) is 4.99 Å². The monoisotopic (exact) mass is 422 g/mol. The lowest BCUT2D eigenvalue weighted by atomic mass is 9.88. The minimum Gasteiger partial charge on any atom is -0.450 e. The van der Waals surface area contributed by atoms with Crippen molar-refractivity contribution in [3.05, 3.63) is 71.8 Å². The van der Waals surface area contributed by atoms with Gasteiger partial charge in [-0.05, 0) is 37.3 Å². The van der Waals surface area contributed by atoms with Crippen LogP contribution in [0.4, 0.5) is 4.79 Å². The summed E-state index contributed by atoms with van der Waals surface area (Å²) in [7, 11) is 1.80. The number of hydrogen-bond donors (Lipinski definition) is 2. The van der Waals surface area contributed by atoms with E-state index in [1.165, 1.54) is 11.1 Å². The number of nitrogens with one attached hydrogen (secondary N) is 2. The number of aliphatic imine (C=N–C) groups is 1. The molecule has 3 rings (SSSR count). The molecule has 0 aromatic heterocycles. The van der Waals surface area contributed by atoms with Crippen molar-refractivity contribution in [2.45, 2.75) is 38.1 Å². The fraction of sp³-hybridized carbons (Fsp3) is 0.440. The standard InChI is InChI=1S/C25H34N4O2/c1-3-31-25(30)29-18-15-22(16-19-29)28-24(26-2)27-17-14-23(20-10-6-4-7-11-20)21-12-8-5-9-13-21/h4-13,22-23H,3,14-19H2,1-2H3,(H2,26,27,28). The summed E-state index contributed by atoms with van der Waals surface area (Å²) in [6.07, 6.45) is 2.53. The number of carbonyl (C=O) groups excluding carboxylic acids is 1. The van der Waals surface area contributed by atoms with Crippen molar-refractivity contribution in [3.8, 4) is 0 Å². The molecular weight excluding hydrogens is 388 g/mol. The molecule has 0 aliphatic carbocycles. The first-order valence-corrected chi connectivity index (χ1v) is 11.2. The molecule has 0 spiro atoms. The van der Waals surface area contributed by atoms with E-state index in [9.17, 15) is 4.79 Å². The Hall–Kier alpha value is -3.02. The Morgan fingerprint density at radius 1 is 1.06 bits per heavy atom. The first kappa shape index (κ1) is 22.7. The Morgan fingerprint density at radius 3 is 2.16 bits per heavy atom. The summed E-state index contributed by atoms with van der Waals surface area (Å²) in [5.74, 6) is 1.15. The van der Waals surface area contributed by atoms with Gasteiger partial charge < -0.3 is 20.3 Å². The van der Waals surface area contributed by atoms with Gasteiger partial charge in [0.1, 0.15) is 0 Å². The van der Waals surface area contributed by atoms with E-state index in [0.717, 1.165) is 31.8 Å². The van der Waals surface area contributed by atoms with E-state index in [1.807, 2.05) is 6.92 Å². The van der Waals surface area contributed by atoms with Gasteiger partial charge in [-0.25, -0.2) is 4.79 Å². The normalized spacial score (nSPS) is 15.1. The van der Waals surface area contributed by atoms with Crippen molar-refractivity contribution in [2.75, 3.05) is 33.3 Å². The molecule has 1 aliphatic rings. The zero-order chi connectivity index (χ0) is 21.9. The zero-order valence-corrected chi connectivity index (χ0v) is 18.6. The number of likely N-dealkylation sites (tertiary alicyclic amines) is 1. The van der Waals surface area contributed by atoms with E-state index >= 15 is 0 Å². The van der Waals surface area contributed by atoms with Crippen molar-refractivity contribution in [3.63, 3.8) is 0 Å². The molecule has 6 heteroatoms. The zero-order valence-electron chi connectivity index (χ0n) is 18.6. The van der Waals surface area contributed by atoms with Crippen molar-refractivity contribution < 1.29 is 9.53 Å². The molecule has 6 nitrogen and oxygen atoms in total. The molecular formula is C25H34N4O2. The van der Waals surface area contributed by atoms with Crippen LogP contribution < -0.4 is 10.6 Å². The lowest BCUT2D eigenvalue weighted by Gasteiger charge is -2.32. The molecule has 1 saturated heterocycles. The summed E-state index contributed by atoms with van der Waals surface area (Å²) in [5.41, 5.74) is 2.65. The molecule has 166 valence electrons. The number of piperidine rings is 1. The molecule has 1 heterocycles. The number of amides is 1. The summed E-state index contributed by atoms with van der Waals surface area (Å²) in [6, 6.07) is 21.6. The average Bonchev–Trinajstić information content (AvgIpc) is 2.82. The lowest BCUT2D eigenvalue weighted by Crippen LogP contribution is -2.50. The van der Waals surface area contributed by atoms with Crippen LogP contribution in [0, 0.1) is 0 Å². The van der Waals surface area contributed by atoms with Crippen molar-refractivity contribution >= 4 is 12.1 Å². The second-order valence-corrected chi connectivity index (χ2v) is 7.77. The largest absolute Gasteiger partial charge is 0.450 e. The Kier molecular flexibility index (Phi) is 8.76. The third-order valence-corrected chi connectivity index (χ3v) is 5.71. The van der Waals surface area contributed by atoms with Crippen LogP contribution in [0.2, 0.25) is 0 Å². The highest BCUT2D eigenvalue weighted by Crippen LogP contribution is 2.27. The molecule has 0 bridgehead atoms. The van der Waals surface area contributed by atoms with Crippen LogP contribution in [-0.4, -0.2) is 56.3 Å². The number of benzene rings is 2. The Bertz CT molecular complexity index is 778. The highest BCUT2D eigenvalue weighted by molar-refractivity contribution is 5.80. The van der Waals surface area contributed by atoms with Crippen LogP contribution in [0.1, 0.15) is 43.2 Å². The fourth-order valence-electron chi connectivity index (χ4n) is 4.04. The minimum absolute atomic E-state index is 0.212. The summed E-state index contributed by atoms with van der Waals surface area (Å²) in [5, 5.41) is 6.99. The van der Waals surface area contributed by atoms with Gasteiger partial charge >= 0.3 is 6.09 Å². The van der Waals surface area contributed by atoms with Gasteiger partial charge in [0, 0.05) is 38.6 Å². The molecule has 2 aromatic carbocycles. The maximum absolute atomic E-state index is 11.9. The third kappa shape index (κ3) is 6.74. The summed E-state index contributed by atoms with van der Waals surface area (Å²) in [4.78, 5) is 18.0. The van der Waals surface area contributed by atoms with Gasteiger partial charge in [-0.2, -0.15) is 0 Å². The number of ether oxygens (including phenoxy) is 1. The molecule has 0 atom stereocenters. The Balaban J connectivity index is 1.50. The van der Waals surface area contributed by atoms with Gasteiger partial charge in [0.15, 0.2) is 5.96 Å². The number of nitrogens with zero attached hydrogens (tertiary/aromatic N) is 2. The van der Waals surface area contributed by atoms with Crippen LogP contribution in [0.15, 0.2) is 65.7 Å². The first-order valence-electron chi connectivity index (χ1n) is 11.2. The summed E-state index contributed by atoms with van der Waals surface area (Å²) >= 11 is 0. The minimum atomic E-state index is -0.212. The van der Waals surface area contributed by atoms with E-state index < -0.39 is 0 Å². The topological polar surface area (TPSA) is 66.0 Å². The molecule has 0 unspecified atom stereocenters. The first-order chi connectivity index (χ1) is 15.2.